The molecule has 88 valence electrons. The van der Waals surface area contributed by atoms with Gasteiger partial charge in [-0.15, -0.1) is 0 Å². The van der Waals surface area contributed by atoms with Crippen molar-refractivity contribution in [1.29, 1.82) is 0 Å². The third kappa shape index (κ3) is 2.30. The molecule has 1 fully saturated rings. The van der Waals surface area contributed by atoms with Crippen LogP contribution in [0.2, 0.25) is 0 Å². The molecule has 4 heteroatoms. The molecule has 0 radical (unpaired) electrons. The zero-order chi connectivity index (χ0) is 11.5. The third-order valence-electron chi connectivity index (χ3n) is 3.24. The lowest BCUT2D eigenvalue weighted by Crippen LogP contribution is -2.14. The number of hydrogen-bond acceptors (Lipinski definition) is 3. The summed E-state index contributed by atoms with van der Waals surface area (Å²) in [4.78, 5) is 8.44. The predicted molar refractivity (Wildman–Crippen MR) is 67.2 cm³/mol. The van der Waals surface area contributed by atoms with Gasteiger partial charge in [0.2, 0.25) is 0 Å². The molecule has 1 N–H and O–H groups in total. The van der Waals surface area contributed by atoms with Crippen molar-refractivity contribution in [3.8, 4) is 5.82 Å². The minimum absolute atomic E-state index is 0.635. The second kappa shape index (κ2) is 4.57. The fourth-order valence-corrected chi connectivity index (χ4v) is 2.32. The minimum Gasteiger partial charge on any atom is -0.381 e. The molecule has 0 saturated heterocycles. The van der Waals surface area contributed by atoms with Gasteiger partial charge in [0.1, 0.15) is 12.1 Å². The van der Waals surface area contributed by atoms with Crippen molar-refractivity contribution in [3.63, 3.8) is 0 Å². The molecule has 0 amide bonds. The van der Waals surface area contributed by atoms with E-state index in [-0.39, 0.29) is 0 Å². The van der Waals surface area contributed by atoms with Gasteiger partial charge >= 0.3 is 0 Å². The molecule has 17 heavy (non-hydrogen) atoms. The van der Waals surface area contributed by atoms with E-state index < -0.39 is 0 Å². The normalized spacial score (nSPS) is 16.2. The number of hydrogen-bond donors (Lipinski definition) is 1. The quantitative estimate of drug-likeness (QED) is 0.878. The maximum atomic E-state index is 4.42. The predicted octanol–water partition coefficient (Wildman–Crippen LogP) is 2.62. The number of nitrogens with zero attached hydrogens (tertiary/aromatic N) is 3. The van der Waals surface area contributed by atoms with Crippen molar-refractivity contribution in [3.05, 3.63) is 37.1 Å². The molecule has 3 rings (SSSR count). The number of pyridine rings is 1. The molecule has 0 spiro atoms. The summed E-state index contributed by atoms with van der Waals surface area (Å²) in [6.07, 6.45) is 12.6. The average molecular weight is 228 g/mol. The molecule has 0 aliphatic heterocycles. The van der Waals surface area contributed by atoms with Crippen LogP contribution in [0.3, 0.4) is 0 Å². The van der Waals surface area contributed by atoms with Gasteiger partial charge in [-0.2, -0.15) is 0 Å². The van der Waals surface area contributed by atoms with Crippen LogP contribution in [0, 0.1) is 0 Å². The van der Waals surface area contributed by atoms with Gasteiger partial charge in [0, 0.05) is 18.4 Å². The summed E-state index contributed by atoms with van der Waals surface area (Å²) in [5, 5.41) is 3.53. The molecular weight excluding hydrogens is 212 g/mol. The maximum absolute atomic E-state index is 4.42. The summed E-state index contributed by atoms with van der Waals surface area (Å²) < 4.78 is 1.90. The van der Waals surface area contributed by atoms with Crippen LogP contribution in [0.5, 0.6) is 0 Å². The summed E-state index contributed by atoms with van der Waals surface area (Å²) in [6, 6.07) is 4.73. The lowest BCUT2D eigenvalue weighted by molar-refractivity contribution is 0.754. The number of nitrogens with one attached hydrogen (secondary N) is 1. The highest BCUT2D eigenvalue weighted by Gasteiger charge is 2.14. The minimum atomic E-state index is 0.635. The number of aromatic nitrogens is 3. The van der Waals surface area contributed by atoms with Crippen molar-refractivity contribution >= 4 is 5.69 Å². The van der Waals surface area contributed by atoms with Crippen LogP contribution in [0.15, 0.2) is 37.1 Å². The van der Waals surface area contributed by atoms with Crippen molar-refractivity contribution < 1.29 is 0 Å². The Morgan fingerprint density at radius 3 is 2.76 bits per heavy atom. The molecule has 0 atom stereocenters. The Morgan fingerprint density at radius 2 is 2.12 bits per heavy atom. The highest BCUT2D eigenvalue weighted by atomic mass is 15.1. The smallest absolute Gasteiger partial charge is 0.137 e. The van der Waals surface area contributed by atoms with Crippen LogP contribution in [-0.2, 0) is 0 Å². The van der Waals surface area contributed by atoms with Gasteiger partial charge in [0.15, 0.2) is 0 Å². The summed E-state index contributed by atoms with van der Waals surface area (Å²) in [5.74, 6) is 0.902. The topological polar surface area (TPSA) is 42.7 Å². The third-order valence-corrected chi connectivity index (χ3v) is 3.24. The fraction of sp³-hybridized carbons (Fsp3) is 0.385. The van der Waals surface area contributed by atoms with Crippen LogP contribution < -0.4 is 5.32 Å². The molecule has 2 aromatic heterocycles. The average Bonchev–Trinajstić information content (AvgIpc) is 3.01. The zero-order valence-electron chi connectivity index (χ0n) is 9.71. The highest BCUT2D eigenvalue weighted by molar-refractivity contribution is 5.44. The molecule has 0 aromatic carbocycles. The molecule has 1 aliphatic rings. The van der Waals surface area contributed by atoms with Crippen LogP contribution in [-0.4, -0.2) is 20.6 Å². The van der Waals surface area contributed by atoms with Crippen LogP contribution >= 0.6 is 0 Å². The van der Waals surface area contributed by atoms with E-state index in [0.29, 0.717) is 6.04 Å². The van der Waals surface area contributed by atoms with Gasteiger partial charge < -0.3 is 5.32 Å². The van der Waals surface area contributed by atoms with Crippen LogP contribution in [0.25, 0.3) is 5.82 Å². The van der Waals surface area contributed by atoms with E-state index in [9.17, 15) is 0 Å². The van der Waals surface area contributed by atoms with Crippen molar-refractivity contribution in [2.45, 2.75) is 31.7 Å². The lowest BCUT2D eigenvalue weighted by Gasteiger charge is -2.13. The molecule has 0 unspecified atom stereocenters. The number of anilines is 1. The van der Waals surface area contributed by atoms with E-state index in [0.717, 1.165) is 11.5 Å². The van der Waals surface area contributed by atoms with Gasteiger partial charge in [-0.25, -0.2) is 9.97 Å². The number of imidazole rings is 1. The van der Waals surface area contributed by atoms with E-state index in [1.807, 2.05) is 23.0 Å². The van der Waals surface area contributed by atoms with E-state index in [1.165, 1.54) is 25.7 Å². The Labute approximate surface area is 101 Å². The monoisotopic (exact) mass is 228 g/mol. The second-order valence-corrected chi connectivity index (χ2v) is 4.50. The van der Waals surface area contributed by atoms with E-state index in [4.69, 9.17) is 0 Å². The first-order chi connectivity index (χ1) is 8.42. The second-order valence-electron chi connectivity index (χ2n) is 4.50. The van der Waals surface area contributed by atoms with E-state index >= 15 is 0 Å². The first kappa shape index (κ1) is 10.3. The largest absolute Gasteiger partial charge is 0.381 e. The van der Waals surface area contributed by atoms with Gasteiger partial charge in [-0.3, -0.25) is 4.57 Å². The summed E-state index contributed by atoms with van der Waals surface area (Å²) in [6.45, 7) is 0. The summed E-state index contributed by atoms with van der Waals surface area (Å²) >= 11 is 0. The molecule has 4 nitrogen and oxygen atoms in total. The van der Waals surface area contributed by atoms with Crippen molar-refractivity contribution in [2.75, 3.05) is 5.32 Å². The summed E-state index contributed by atoms with van der Waals surface area (Å²) in [7, 11) is 0. The molecule has 0 bridgehead atoms. The Kier molecular flexibility index (Phi) is 2.78. The van der Waals surface area contributed by atoms with Gasteiger partial charge in [0.25, 0.3) is 0 Å². The lowest BCUT2D eigenvalue weighted by atomic mass is 10.2. The Balaban J connectivity index is 1.71. The van der Waals surface area contributed by atoms with Gasteiger partial charge in [0.05, 0.1) is 11.9 Å². The zero-order valence-corrected chi connectivity index (χ0v) is 9.71. The molecule has 1 saturated carbocycles. The van der Waals surface area contributed by atoms with Crippen LogP contribution in [0.4, 0.5) is 5.69 Å². The standard InChI is InChI=1S/C13H16N4/c1-2-4-11(3-1)16-12-5-6-13(15-9-12)17-8-7-14-10-17/h5-11,16H,1-4H2. The number of rotatable bonds is 3. The van der Waals surface area contributed by atoms with Gasteiger partial charge in [-0.1, -0.05) is 12.8 Å². The SMILES string of the molecule is c1cn(-c2ccc(NC3CCCC3)cn2)cn1. The fourth-order valence-electron chi connectivity index (χ4n) is 2.32. The van der Waals surface area contributed by atoms with Crippen molar-refractivity contribution in [1.82, 2.24) is 14.5 Å². The van der Waals surface area contributed by atoms with Crippen LogP contribution in [0.1, 0.15) is 25.7 Å². The van der Waals surface area contributed by atoms with Crippen molar-refractivity contribution in [2.24, 2.45) is 0 Å². The molecule has 2 heterocycles. The molecular formula is C13H16N4. The Hall–Kier alpha value is -1.84. The summed E-state index contributed by atoms with van der Waals surface area (Å²) in [5.41, 5.74) is 1.11. The first-order valence-electron chi connectivity index (χ1n) is 6.13. The highest BCUT2D eigenvalue weighted by Crippen LogP contribution is 2.22. The van der Waals surface area contributed by atoms with E-state index in [2.05, 4.69) is 21.4 Å². The molecule has 2 aromatic rings. The Morgan fingerprint density at radius 1 is 1.24 bits per heavy atom. The molecule has 1 aliphatic carbocycles. The Bertz CT molecular complexity index is 455. The maximum Gasteiger partial charge on any atom is 0.137 e. The van der Waals surface area contributed by atoms with Gasteiger partial charge in [-0.05, 0) is 25.0 Å². The first-order valence-corrected chi connectivity index (χ1v) is 6.13. The van der Waals surface area contributed by atoms with E-state index in [1.54, 1.807) is 12.5 Å².